The Morgan fingerprint density at radius 3 is 3.00 bits per heavy atom. The minimum atomic E-state index is 0.0231. The lowest BCUT2D eigenvalue weighted by molar-refractivity contribution is -0.135. The largest absolute Gasteiger partial charge is 0.339 e. The van der Waals surface area contributed by atoms with Gasteiger partial charge in [0.2, 0.25) is 11.8 Å². The van der Waals surface area contributed by atoms with Gasteiger partial charge < -0.3 is 15.2 Å². The predicted molar refractivity (Wildman–Crippen MR) is 70.4 cm³/mol. The van der Waals surface area contributed by atoms with E-state index in [1.807, 2.05) is 11.8 Å². The molecule has 1 aromatic rings. The van der Waals surface area contributed by atoms with E-state index in [0.29, 0.717) is 24.6 Å². The fourth-order valence-electron chi connectivity index (χ4n) is 2.61. The monoisotopic (exact) mass is 266 g/mol. The van der Waals surface area contributed by atoms with Crippen molar-refractivity contribution in [2.45, 2.75) is 58.0 Å². The van der Waals surface area contributed by atoms with Crippen LogP contribution in [0.25, 0.3) is 0 Å². The third-order valence-electron chi connectivity index (χ3n) is 3.60. The van der Waals surface area contributed by atoms with Crippen LogP contribution in [0.2, 0.25) is 0 Å². The van der Waals surface area contributed by atoms with Crippen molar-refractivity contribution in [3.8, 4) is 0 Å². The number of aryl methyl sites for hydroxylation is 2. The first kappa shape index (κ1) is 14.0. The highest BCUT2D eigenvalue weighted by molar-refractivity contribution is 5.76. The van der Waals surface area contributed by atoms with Gasteiger partial charge in [0.05, 0.1) is 0 Å². The van der Waals surface area contributed by atoms with E-state index in [1.165, 1.54) is 0 Å². The molecule has 0 aromatic carbocycles. The molecule has 2 rings (SSSR count). The van der Waals surface area contributed by atoms with Crippen LogP contribution in [0.1, 0.15) is 44.3 Å². The third kappa shape index (κ3) is 3.53. The van der Waals surface area contributed by atoms with Gasteiger partial charge in [-0.2, -0.15) is 4.98 Å². The molecule has 2 N–H and O–H groups in total. The molecule has 2 atom stereocenters. The molecule has 6 nitrogen and oxygen atoms in total. The second-order valence-corrected chi connectivity index (χ2v) is 5.24. The number of likely N-dealkylation sites (tertiary alicyclic amines) is 1. The third-order valence-corrected chi connectivity index (χ3v) is 3.60. The Hall–Kier alpha value is -1.43. The highest BCUT2D eigenvalue weighted by atomic mass is 16.5. The summed E-state index contributed by atoms with van der Waals surface area (Å²) in [6.07, 6.45) is 4.13. The molecule has 1 aromatic heterocycles. The Labute approximate surface area is 113 Å². The van der Waals surface area contributed by atoms with E-state index in [-0.39, 0.29) is 18.0 Å². The van der Waals surface area contributed by atoms with Crippen LogP contribution in [0.15, 0.2) is 4.52 Å². The summed E-state index contributed by atoms with van der Waals surface area (Å²) in [6.45, 7) is 4.55. The molecule has 0 radical (unpaired) electrons. The number of amides is 1. The highest BCUT2D eigenvalue weighted by Gasteiger charge is 2.28. The van der Waals surface area contributed by atoms with Crippen molar-refractivity contribution < 1.29 is 9.32 Å². The quantitative estimate of drug-likeness (QED) is 0.880. The molecule has 1 amide bonds. The molecular weight excluding hydrogens is 244 g/mol. The number of carbonyl (C=O) groups is 1. The van der Waals surface area contributed by atoms with E-state index >= 15 is 0 Å². The molecule has 1 aliphatic heterocycles. The van der Waals surface area contributed by atoms with Crippen molar-refractivity contribution in [2.24, 2.45) is 5.73 Å². The van der Waals surface area contributed by atoms with Crippen molar-refractivity contribution in [1.29, 1.82) is 0 Å². The van der Waals surface area contributed by atoms with E-state index in [2.05, 4.69) is 10.1 Å². The van der Waals surface area contributed by atoms with Gasteiger partial charge in [-0.15, -0.1) is 0 Å². The lowest BCUT2D eigenvalue weighted by atomic mass is 9.96. The van der Waals surface area contributed by atoms with Gasteiger partial charge in [0, 0.05) is 31.5 Å². The average molecular weight is 266 g/mol. The normalized spacial score (nSPS) is 21.4. The van der Waals surface area contributed by atoms with Crippen LogP contribution in [-0.2, 0) is 11.2 Å². The van der Waals surface area contributed by atoms with Gasteiger partial charge >= 0.3 is 0 Å². The zero-order chi connectivity index (χ0) is 13.8. The first-order valence-electron chi connectivity index (χ1n) is 6.92. The van der Waals surface area contributed by atoms with Crippen LogP contribution in [0, 0.1) is 6.92 Å². The molecule has 1 aliphatic rings. The minimum Gasteiger partial charge on any atom is -0.339 e. The summed E-state index contributed by atoms with van der Waals surface area (Å²) < 4.78 is 5.02. The van der Waals surface area contributed by atoms with Crippen molar-refractivity contribution in [3.05, 3.63) is 11.7 Å². The fourth-order valence-corrected chi connectivity index (χ4v) is 2.61. The number of hydrogen-bond donors (Lipinski definition) is 1. The van der Waals surface area contributed by atoms with Crippen molar-refractivity contribution >= 4 is 5.91 Å². The first-order chi connectivity index (χ1) is 9.08. The molecule has 106 valence electrons. The molecule has 0 bridgehead atoms. The summed E-state index contributed by atoms with van der Waals surface area (Å²) in [5.41, 5.74) is 5.97. The number of piperidine rings is 1. The number of aromatic nitrogens is 2. The van der Waals surface area contributed by atoms with Gasteiger partial charge in [-0.1, -0.05) is 5.16 Å². The predicted octanol–water partition coefficient (Wildman–Crippen LogP) is 1.04. The number of hydrogen-bond acceptors (Lipinski definition) is 5. The molecular formula is C13H22N4O2. The first-order valence-corrected chi connectivity index (χ1v) is 6.92. The summed E-state index contributed by atoms with van der Waals surface area (Å²) in [5.74, 6) is 1.27. The molecule has 6 heteroatoms. The van der Waals surface area contributed by atoms with Gasteiger partial charge in [0.15, 0.2) is 5.82 Å². The maximum Gasteiger partial charge on any atom is 0.227 e. The zero-order valence-corrected chi connectivity index (χ0v) is 11.6. The van der Waals surface area contributed by atoms with Crippen molar-refractivity contribution in [1.82, 2.24) is 15.0 Å². The van der Waals surface area contributed by atoms with Gasteiger partial charge in [0.25, 0.3) is 0 Å². The maximum atomic E-state index is 12.3. The topological polar surface area (TPSA) is 85.2 Å². The van der Waals surface area contributed by atoms with Crippen LogP contribution < -0.4 is 5.73 Å². The van der Waals surface area contributed by atoms with Crippen LogP contribution in [0.4, 0.5) is 0 Å². The molecule has 2 heterocycles. The molecule has 0 saturated carbocycles. The lowest BCUT2D eigenvalue weighted by Gasteiger charge is -2.38. The van der Waals surface area contributed by atoms with Gasteiger partial charge in [0.1, 0.15) is 0 Å². The van der Waals surface area contributed by atoms with Crippen molar-refractivity contribution in [3.63, 3.8) is 0 Å². The van der Waals surface area contributed by atoms with E-state index in [4.69, 9.17) is 10.3 Å². The zero-order valence-electron chi connectivity index (χ0n) is 11.6. The second-order valence-electron chi connectivity index (χ2n) is 5.24. The van der Waals surface area contributed by atoms with E-state index in [0.717, 1.165) is 25.8 Å². The molecule has 0 spiro atoms. The van der Waals surface area contributed by atoms with E-state index in [1.54, 1.807) is 6.92 Å². The van der Waals surface area contributed by atoms with Crippen LogP contribution in [0.3, 0.4) is 0 Å². The van der Waals surface area contributed by atoms with Gasteiger partial charge in [-0.3, -0.25) is 4.79 Å². The van der Waals surface area contributed by atoms with E-state index in [9.17, 15) is 4.79 Å². The molecule has 0 aliphatic carbocycles. The van der Waals surface area contributed by atoms with Crippen molar-refractivity contribution in [2.75, 3.05) is 6.54 Å². The molecule has 1 saturated heterocycles. The van der Waals surface area contributed by atoms with E-state index < -0.39 is 0 Å². The number of carbonyl (C=O) groups excluding carboxylic acids is 1. The Morgan fingerprint density at radius 2 is 2.37 bits per heavy atom. The Bertz CT molecular complexity index is 430. The van der Waals surface area contributed by atoms with Gasteiger partial charge in [-0.25, -0.2) is 0 Å². The lowest BCUT2D eigenvalue weighted by Crippen LogP contribution is -2.51. The second kappa shape index (κ2) is 6.14. The standard InChI is InChI=1S/C13H22N4O2/c1-9(14)11-5-3-4-8-17(11)13(18)7-6-12-15-10(2)16-19-12/h9,11H,3-8,14H2,1-2H3. The summed E-state index contributed by atoms with van der Waals surface area (Å²) in [5, 5.41) is 3.72. The summed E-state index contributed by atoms with van der Waals surface area (Å²) >= 11 is 0. The highest BCUT2D eigenvalue weighted by Crippen LogP contribution is 2.20. The average Bonchev–Trinajstić information content (AvgIpc) is 2.81. The number of nitrogens with two attached hydrogens (primary N) is 1. The van der Waals surface area contributed by atoms with Crippen LogP contribution >= 0.6 is 0 Å². The fraction of sp³-hybridized carbons (Fsp3) is 0.769. The molecule has 1 fully saturated rings. The number of rotatable bonds is 4. The Balaban J connectivity index is 1.90. The summed E-state index contributed by atoms with van der Waals surface area (Å²) in [6, 6.07) is 0.195. The SMILES string of the molecule is Cc1noc(CCC(=O)N2CCCCC2C(C)N)n1. The Kier molecular flexibility index (Phi) is 4.52. The molecule has 19 heavy (non-hydrogen) atoms. The van der Waals surface area contributed by atoms with Crippen LogP contribution in [0.5, 0.6) is 0 Å². The number of nitrogens with zero attached hydrogens (tertiary/aromatic N) is 3. The minimum absolute atomic E-state index is 0.0231. The maximum absolute atomic E-state index is 12.3. The van der Waals surface area contributed by atoms with Crippen LogP contribution in [-0.4, -0.2) is 39.6 Å². The summed E-state index contributed by atoms with van der Waals surface area (Å²) in [7, 11) is 0. The van der Waals surface area contributed by atoms with Gasteiger partial charge in [-0.05, 0) is 33.1 Å². The molecule has 2 unspecified atom stereocenters. The smallest absolute Gasteiger partial charge is 0.227 e. The Morgan fingerprint density at radius 1 is 1.58 bits per heavy atom. The summed E-state index contributed by atoms with van der Waals surface area (Å²) in [4.78, 5) is 18.3.